The molecule has 3 aromatic rings. The number of anilines is 1. The summed E-state index contributed by atoms with van der Waals surface area (Å²) in [5, 5.41) is 3.08. The third kappa shape index (κ3) is 5.06. The highest BCUT2D eigenvalue weighted by Crippen LogP contribution is 2.40. The molecule has 2 atom stereocenters. The van der Waals surface area contributed by atoms with Gasteiger partial charge in [-0.2, -0.15) is 0 Å². The second kappa shape index (κ2) is 10.4. The van der Waals surface area contributed by atoms with Crippen molar-refractivity contribution in [3.8, 4) is 11.5 Å². The number of methoxy groups -OCH3 is 2. The Hall–Kier alpha value is -3.80. The number of piperidine rings is 1. The zero-order valence-electron chi connectivity index (χ0n) is 19.8. The molecule has 0 unspecified atom stereocenters. The van der Waals surface area contributed by atoms with E-state index in [-0.39, 0.29) is 17.7 Å². The summed E-state index contributed by atoms with van der Waals surface area (Å²) in [7, 11) is 3.24. The number of rotatable bonds is 7. The van der Waals surface area contributed by atoms with E-state index in [1.54, 1.807) is 19.1 Å². The van der Waals surface area contributed by atoms with Crippen molar-refractivity contribution in [2.24, 2.45) is 5.92 Å². The van der Waals surface area contributed by atoms with Crippen LogP contribution in [0.1, 0.15) is 35.6 Å². The van der Waals surface area contributed by atoms with Crippen LogP contribution in [0.25, 0.3) is 0 Å². The monoisotopic (exact) mass is 458 g/mol. The van der Waals surface area contributed by atoms with Gasteiger partial charge in [0.2, 0.25) is 11.8 Å². The number of carbonyl (C=O) groups is 2. The second-order valence-corrected chi connectivity index (χ2v) is 8.53. The largest absolute Gasteiger partial charge is 0.497 e. The smallest absolute Gasteiger partial charge is 0.227 e. The highest BCUT2D eigenvalue weighted by atomic mass is 16.5. The summed E-state index contributed by atoms with van der Waals surface area (Å²) in [6, 6.07) is 22.7. The Kier molecular flexibility index (Phi) is 7.16. The van der Waals surface area contributed by atoms with Crippen LogP contribution in [0.15, 0.2) is 72.8 Å². The maximum absolute atomic E-state index is 13.4. The number of nitrogens with one attached hydrogen (secondary N) is 1. The second-order valence-electron chi connectivity index (χ2n) is 8.53. The van der Waals surface area contributed by atoms with Crippen LogP contribution in [0, 0.1) is 12.8 Å². The summed E-state index contributed by atoms with van der Waals surface area (Å²) in [5.74, 6) is 1.07. The zero-order valence-corrected chi connectivity index (χ0v) is 19.8. The molecule has 0 aliphatic carbocycles. The number of hydrogen-bond donors (Lipinski definition) is 1. The molecule has 0 saturated carbocycles. The minimum Gasteiger partial charge on any atom is -0.497 e. The fraction of sp³-hybridized carbons (Fsp3) is 0.286. The first kappa shape index (κ1) is 23.4. The molecule has 1 N–H and O–H groups in total. The van der Waals surface area contributed by atoms with Gasteiger partial charge in [-0.25, -0.2) is 0 Å². The van der Waals surface area contributed by atoms with Gasteiger partial charge in [0.05, 0.1) is 26.2 Å². The highest BCUT2D eigenvalue weighted by molar-refractivity contribution is 5.97. The molecule has 0 radical (unpaired) electrons. The van der Waals surface area contributed by atoms with E-state index in [9.17, 15) is 9.59 Å². The van der Waals surface area contributed by atoms with E-state index in [2.05, 4.69) is 5.32 Å². The summed E-state index contributed by atoms with van der Waals surface area (Å²) in [6.45, 7) is 2.42. The Labute approximate surface area is 200 Å². The quantitative estimate of drug-likeness (QED) is 0.552. The van der Waals surface area contributed by atoms with E-state index in [1.807, 2.05) is 79.7 Å². The highest BCUT2D eigenvalue weighted by Gasteiger charge is 2.41. The van der Waals surface area contributed by atoms with Crippen LogP contribution < -0.4 is 19.7 Å². The first-order chi connectivity index (χ1) is 16.5. The lowest BCUT2D eigenvalue weighted by molar-refractivity contribution is -0.129. The van der Waals surface area contributed by atoms with Gasteiger partial charge < -0.3 is 19.7 Å². The first-order valence-electron chi connectivity index (χ1n) is 11.4. The van der Waals surface area contributed by atoms with E-state index in [1.165, 1.54) is 0 Å². The number of carbonyl (C=O) groups excluding carboxylic acids is 2. The van der Waals surface area contributed by atoms with Crippen LogP contribution >= 0.6 is 0 Å². The average molecular weight is 459 g/mol. The lowest BCUT2D eigenvalue weighted by atomic mass is 9.83. The topological polar surface area (TPSA) is 67.9 Å². The molecule has 0 bridgehead atoms. The van der Waals surface area contributed by atoms with Gasteiger partial charge in [0.25, 0.3) is 0 Å². The van der Waals surface area contributed by atoms with E-state index in [0.29, 0.717) is 19.4 Å². The van der Waals surface area contributed by atoms with Gasteiger partial charge in [-0.05, 0) is 60.9 Å². The lowest BCUT2D eigenvalue weighted by Gasteiger charge is -2.41. The number of benzene rings is 3. The fourth-order valence-electron chi connectivity index (χ4n) is 4.42. The lowest BCUT2D eigenvalue weighted by Crippen LogP contribution is -2.48. The van der Waals surface area contributed by atoms with Crippen molar-refractivity contribution in [2.75, 3.05) is 19.1 Å². The van der Waals surface area contributed by atoms with Crippen molar-refractivity contribution in [2.45, 2.75) is 32.4 Å². The Morgan fingerprint density at radius 3 is 2.09 bits per heavy atom. The molecule has 176 valence electrons. The molecular formula is C28H30N2O4. The Bertz CT molecular complexity index is 1120. The van der Waals surface area contributed by atoms with Gasteiger partial charge in [-0.1, -0.05) is 42.0 Å². The van der Waals surface area contributed by atoms with Gasteiger partial charge in [-0.3, -0.25) is 9.59 Å². The van der Waals surface area contributed by atoms with Gasteiger partial charge in [-0.15, -0.1) is 0 Å². The molecule has 0 aromatic heterocycles. The molecule has 3 aromatic carbocycles. The van der Waals surface area contributed by atoms with Gasteiger partial charge >= 0.3 is 0 Å². The average Bonchev–Trinajstić information content (AvgIpc) is 2.88. The molecule has 1 aliphatic heterocycles. The van der Waals surface area contributed by atoms with Crippen LogP contribution in [-0.4, -0.2) is 26.0 Å². The van der Waals surface area contributed by atoms with Crippen molar-refractivity contribution in [3.63, 3.8) is 0 Å². The molecule has 6 heteroatoms. The van der Waals surface area contributed by atoms with Gasteiger partial charge in [0.1, 0.15) is 11.5 Å². The van der Waals surface area contributed by atoms with Crippen LogP contribution in [0.5, 0.6) is 11.5 Å². The summed E-state index contributed by atoms with van der Waals surface area (Å²) in [4.78, 5) is 28.4. The van der Waals surface area contributed by atoms with E-state index >= 15 is 0 Å². The van der Waals surface area contributed by atoms with Crippen LogP contribution in [0.2, 0.25) is 0 Å². The van der Waals surface area contributed by atoms with Crippen LogP contribution in [-0.2, 0) is 16.1 Å². The molecule has 34 heavy (non-hydrogen) atoms. The maximum Gasteiger partial charge on any atom is 0.227 e. The predicted octanol–water partition coefficient (Wildman–Crippen LogP) is 4.81. The van der Waals surface area contributed by atoms with Crippen molar-refractivity contribution in [1.29, 1.82) is 0 Å². The van der Waals surface area contributed by atoms with Crippen LogP contribution in [0.4, 0.5) is 5.69 Å². The Morgan fingerprint density at radius 1 is 0.912 bits per heavy atom. The minimum absolute atomic E-state index is 0.0175. The standard InChI is InChI=1S/C28H30N2O4/c1-19-4-10-22(11-5-19)30-26(31)17-16-25(27(30)21-8-14-24(34-3)15-9-21)28(32)29-18-20-6-12-23(33-2)13-7-20/h4-15,25,27H,16-18H2,1-3H3,(H,29,32)/t25-,27+/m0/s1. The molecule has 6 nitrogen and oxygen atoms in total. The number of ether oxygens (including phenoxy) is 2. The van der Waals surface area contributed by atoms with E-state index in [4.69, 9.17) is 9.47 Å². The van der Waals surface area contributed by atoms with Crippen molar-refractivity contribution in [1.82, 2.24) is 5.32 Å². The van der Waals surface area contributed by atoms with Crippen molar-refractivity contribution >= 4 is 17.5 Å². The molecule has 1 heterocycles. The molecule has 1 aliphatic rings. The first-order valence-corrected chi connectivity index (χ1v) is 11.4. The van der Waals surface area contributed by atoms with Crippen LogP contribution in [0.3, 0.4) is 0 Å². The number of aryl methyl sites for hydroxylation is 1. The summed E-state index contributed by atoms with van der Waals surface area (Å²) in [6.07, 6.45) is 0.813. The predicted molar refractivity (Wildman–Crippen MR) is 132 cm³/mol. The van der Waals surface area contributed by atoms with Gasteiger partial charge in [0.15, 0.2) is 0 Å². The minimum atomic E-state index is -0.411. The van der Waals surface area contributed by atoms with E-state index < -0.39 is 6.04 Å². The number of nitrogens with zero attached hydrogens (tertiary/aromatic N) is 1. The normalized spacial score (nSPS) is 17.9. The third-order valence-corrected chi connectivity index (χ3v) is 6.33. The van der Waals surface area contributed by atoms with Crippen molar-refractivity contribution < 1.29 is 19.1 Å². The molecular weight excluding hydrogens is 428 g/mol. The molecule has 0 spiro atoms. The number of amides is 2. The summed E-state index contributed by atoms with van der Waals surface area (Å²) in [5.41, 5.74) is 3.79. The molecule has 4 rings (SSSR count). The molecule has 1 saturated heterocycles. The van der Waals surface area contributed by atoms with Gasteiger partial charge in [0, 0.05) is 18.7 Å². The molecule has 2 amide bonds. The Morgan fingerprint density at radius 2 is 1.50 bits per heavy atom. The summed E-state index contributed by atoms with van der Waals surface area (Å²) >= 11 is 0. The number of hydrogen-bond acceptors (Lipinski definition) is 4. The SMILES string of the molecule is COc1ccc(CNC(=O)[C@H]2CCC(=O)N(c3ccc(C)cc3)[C@@H]2c2ccc(OC)cc2)cc1. The zero-order chi connectivity index (χ0) is 24.1. The third-order valence-electron chi connectivity index (χ3n) is 6.33. The maximum atomic E-state index is 13.4. The Balaban J connectivity index is 1.63. The summed E-state index contributed by atoms with van der Waals surface area (Å²) < 4.78 is 10.5. The van der Waals surface area contributed by atoms with Crippen molar-refractivity contribution in [3.05, 3.63) is 89.5 Å². The fourth-order valence-corrected chi connectivity index (χ4v) is 4.42. The van der Waals surface area contributed by atoms with E-state index in [0.717, 1.165) is 33.9 Å². The molecule has 1 fully saturated rings.